The summed E-state index contributed by atoms with van der Waals surface area (Å²) in [5.74, 6) is -0.223. The molecule has 3 amide bonds. The van der Waals surface area contributed by atoms with Gasteiger partial charge in [-0.3, -0.25) is 19.3 Å². The number of primary amides is 1. The van der Waals surface area contributed by atoms with Crippen molar-refractivity contribution in [1.29, 1.82) is 0 Å². The molecule has 0 aliphatic carbocycles. The summed E-state index contributed by atoms with van der Waals surface area (Å²) < 4.78 is 0. The maximum atomic E-state index is 13.2. The number of likely N-dealkylation sites (tertiary alicyclic amines) is 2. The van der Waals surface area contributed by atoms with E-state index in [-0.39, 0.29) is 29.7 Å². The van der Waals surface area contributed by atoms with E-state index in [1.807, 2.05) is 29.2 Å². The second-order valence-electron chi connectivity index (χ2n) is 8.57. The van der Waals surface area contributed by atoms with Gasteiger partial charge in [0.15, 0.2) is 0 Å². The van der Waals surface area contributed by atoms with Crippen molar-refractivity contribution in [3.05, 3.63) is 29.8 Å². The van der Waals surface area contributed by atoms with Gasteiger partial charge in [0.2, 0.25) is 17.7 Å². The first kappa shape index (κ1) is 19.9. The molecule has 0 saturated carbocycles. The van der Waals surface area contributed by atoms with Crippen LogP contribution in [0.4, 0.5) is 5.69 Å². The number of para-hydroxylation sites is 1. The second-order valence-corrected chi connectivity index (χ2v) is 8.57. The lowest BCUT2D eigenvalue weighted by Gasteiger charge is -2.36. The third kappa shape index (κ3) is 3.31. The predicted octanol–water partition coefficient (Wildman–Crippen LogP) is 1.47. The average molecular weight is 399 g/mol. The first-order valence-electron chi connectivity index (χ1n) is 10.7. The minimum atomic E-state index is -0.638. The van der Waals surface area contributed by atoms with Crippen LogP contribution in [0.2, 0.25) is 0 Å². The molecule has 1 aromatic carbocycles. The van der Waals surface area contributed by atoms with Crippen LogP contribution in [0.15, 0.2) is 24.3 Å². The lowest BCUT2D eigenvalue weighted by molar-refractivity contribution is -0.135. The molecule has 0 bridgehead atoms. The third-order valence-electron chi connectivity index (χ3n) is 6.98. The van der Waals surface area contributed by atoms with Crippen molar-refractivity contribution in [1.82, 2.24) is 9.80 Å². The van der Waals surface area contributed by atoms with Gasteiger partial charge in [-0.1, -0.05) is 31.5 Å². The Hall–Kier alpha value is -2.41. The molecule has 4 rings (SSSR count). The second kappa shape index (κ2) is 7.78. The topological polar surface area (TPSA) is 95.7 Å². The Morgan fingerprint density at radius 1 is 1.21 bits per heavy atom. The van der Waals surface area contributed by atoms with Gasteiger partial charge >= 0.3 is 0 Å². The monoisotopic (exact) mass is 398 g/mol. The van der Waals surface area contributed by atoms with Gasteiger partial charge in [-0.05, 0) is 50.4 Å². The first-order valence-corrected chi connectivity index (χ1v) is 10.7. The molecule has 7 nitrogen and oxygen atoms in total. The van der Waals surface area contributed by atoms with Crippen LogP contribution in [0.3, 0.4) is 0 Å². The van der Waals surface area contributed by atoms with Crippen molar-refractivity contribution in [3.63, 3.8) is 0 Å². The minimum Gasteiger partial charge on any atom is -0.369 e. The van der Waals surface area contributed by atoms with Crippen molar-refractivity contribution in [2.24, 2.45) is 11.7 Å². The molecule has 2 saturated heterocycles. The van der Waals surface area contributed by atoms with E-state index >= 15 is 0 Å². The molecule has 156 valence electrons. The summed E-state index contributed by atoms with van der Waals surface area (Å²) in [6, 6.07) is 7.75. The standard InChI is InChI=1S/C22H30N4O3/c1-2-5-18-22(16-6-3-4-7-17(16)24-21(22)29)10-13-26(18)19(27)14-25-11-8-15(9-12-25)20(23)28/h3-4,6-7,15,18H,2,5,8-14H2,1H3,(H2,23,28)(H,24,29)/t18-,22+/m0/s1. The van der Waals surface area contributed by atoms with Gasteiger partial charge < -0.3 is 16.0 Å². The zero-order valence-corrected chi connectivity index (χ0v) is 17.0. The smallest absolute Gasteiger partial charge is 0.237 e. The van der Waals surface area contributed by atoms with Gasteiger partial charge in [-0.2, -0.15) is 0 Å². The first-order chi connectivity index (χ1) is 14.0. The SMILES string of the molecule is CCC[C@@H]1N(C(=O)CN2CCC(C(N)=O)CC2)CC[C@]12C(=O)Nc1ccccc12. The Bertz CT molecular complexity index is 818. The molecular formula is C22H30N4O3. The summed E-state index contributed by atoms with van der Waals surface area (Å²) in [6.07, 6.45) is 3.80. The molecule has 3 aliphatic heterocycles. The van der Waals surface area contributed by atoms with Gasteiger partial charge in [0.1, 0.15) is 0 Å². The number of anilines is 1. The summed E-state index contributed by atoms with van der Waals surface area (Å²) in [5.41, 5.74) is 6.68. The number of hydrogen-bond donors (Lipinski definition) is 2. The molecule has 2 fully saturated rings. The highest BCUT2D eigenvalue weighted by Crippen LogP contribution is 2.49. The van der Waals surface area contributed by atoms with Crippen molar-refractivity contribution >= 4 is 23.4 Å². The van der Waals surface area contributed by atoms with Crippen molar-refractivity contribution in [2.75, 3.05) is 31.5 Å². The molecule has 1 spiro atoms. The normalized spacial score (nSPS) is 27.3. The maximum Gasteiger partial charge on any atom is 0.237 e. The fraction of sp³-hybridized carbons (Fsp3) is 0.591. The maximum absolute atomic E-state index is 13.2. The fourth-order valence-corrected chi connectivity index (χ4v) is 5.43. The van der Waals surface area contributed by atoms with Crippen molar-refractivity contribution in [3.8, 4) is 0 Å². The molecule has 2 atom stereocenters. The largest absolute Gasteiger partial charge is 0.369 e. The van der Waals surface area contributed by atoms with Gasteiger partial charge in [0.05, 0.1) is 18.0 Å². The zero-order valence-electron chi connectivity index (χ0n) is 17.0. The summed E-state index contributed by atoms with van der Waals surface area (Å²) in [6.45, 7) is 4.45. The predicted molar refractivity (Wildman–Crippen MR) is 110 cm³/mol. The summed E-state index contributed by atoms with van der Waals surface area (Å²) in [7, 11) is 0. The Labute approximate surface area is 171 Å². The Morgan fingerprint density at radius 2 is 1.93 bits per heavy atom. The highest BCUT2D eigenvalue weighted by Gasteiger charge is 2.58. The van der Waals surface area contributed by atoms with E-state index in [9.17, 15) is 14.4 Å². The molecule has 0 radical (unpaired) electrons. The molecule has 29 heavy (non-hydrogen) atoms. The van der Waals surface area contributed by atoms with Crippen LogP contribution in [0.25, 0.3) is 0 Å². The summed E-state index contributed by atoms with van der Waals surface area (Å²) in [5, 5.41) is 3.04. The van der Waals surface area contributed by atoms with E-state index in [4.69, 9.17) is 5.73 Å². The molecule has 0 unspecified atom stereocenters. The van der Waals surface area contributed by atoms with Gasteiger partial charge in [0.25, 0.3) is 0 Å². The molecule has 7 heteroatoms. The molecule has 0 aromatic heterocycles. The number of fused-ring (bicyclic) bond motifs is 2. The summed E-state index contributed by atoms with van der Waals surface area (Å²) >= 11 is 0. The van der Waals surface area contributed by atoms with Crippen LogP contribution in [-0.4, -0.2) is 59.7 Å². The molecule has 3 aliphatic rings. The van der Waals surface area contributed by atoms with E-state index in [2.05, 4.69) is 17.1 Å². The van der Waals surface area contributed by atoms with Crippen LogP contribution in [-0.2, 0) is 19.8 Å². The van der Waals surface area contributed by atoms with E-state index in [1.165, 1.54) is 0 Å². The third-order valence-corrected chi connectivity index (χ3v) is 6.98. The summed E-state index contributed by atoms with van der Waals surface area (Å²) in [4.78, 5) is 41.7. The van der Waals surface area contributed by atoms with Crippen LogP contribution in [0.5, 0.6) is 0 Å². The number of nitrogens with two attached hydrogens (primary N) is 1. The number of rotatable bonds is 5. The van der Waals surface area contributed by atoms with Crippen LogP contribution in [0.1, 0.15) is 44.6 Å². The Kier molecular flexibility index (Phi) is 5.34. The molecule has 3 N–H and O–H groups in total. The lowest BCUT2D eigenvalue weighted by Crippen LogP contribution is -2.51. The van der Waals surface area contributed by atoms with Gasteiger partial charge in [-0.25, -0.2) is 0 Å². The molecular weight excluding hydrogens is 368 g/mol. The van der Waals surface area contributed by atoms with E-state index in [1.54, 1.807) is 0 Å². The van der Waals surface area contributed by atoms with Crippen molar-refractivity contribution < 1.29 is 14.4 Å². The van der Waals surface area contributed by atoms with Crippen molar-refractivity contribution in [2.45, 2.75) is 50.5 Å². The van der Waals surface area contributed by atoms with Crippen LogP contribution in [0, 0.1) is 5.92 Å². The van der Waals surface area contributed by atoms with Gasteiger partial charge in [0, 0.05) is 18.2 Å². The van der Waals surface area contributed by atoms with Crippen LogP contribution >= 0.6 is 0 Å². The lowest BCUT2D eigenvalue weighted by atomic mass is 9.73. The molecule has 3 heterocycles. The Morgan fingerprint density at radius 3 is 2.62 bits per heavy atom. The number of amides is 3. The Balaban J connectivity index is 1.51. The number of nitrogens with zero attached hydrogens (tertiary/aromatic N) is 2. The minimum absolute atomic E-state index is 0.0229. The number of carbonyl (C=O) groups excluding carboxylic acids is 3. The number of hydrogen-bond acceptors (Lipinski definition) is 4. The highest BCUT2D eigenvalue weighted by molar-refractivity contribution is 6.07. The van der Waals surface area contributed by atoms with E-state index in [0.29, 0.717) is 45.4 Å². The number of piperidine rings is 1. The van der Waals surface area contributed by atoms with Crippen LogP contribution < -0.4 is 11.1 Å². The number of nitrogens with one attached hydrogen (secondary N) is 1. The number of benzene rings is 1. The average Bonchev–Trinajstić information content (AvgIpc) is 3.22. The highest BCUT2D eigenvalue weighted by atomic mass is 16.2. The molecule has 1 aromatic rings. The van der Waals surface area contributed by atoms with E-state index in [0.717, 1.165) is 24.1 Å². The fourth-order valence-electron chi connectivity index (χ4n) is 5.43. The van der Waals surface area contributed by atoms with E-state index < -0.39 is 5.41 Å². The zero-order chi connectivity index (χ0) is 20.6. The quantitative estimate of drug-likeness (QED) is 0.785. The number of carbonyl (C=O) groups is 3. The van der Waals surface area contributed by atoms with Gasteiger partial charge in [-0.15, -0.1) is 0 Å².